The fourth-order valence-electron chi connectivity index (χ4n) is 3.38. The van der Waals surface area contributed by atoms with Gasteiger partial charge in [-0.05, 0) is 44.4 Å². The molecular weight excluding hydrogens is 226 g/mol. The molecule has 104 valence electrons. The minimum Gasteiger partial charge on any atom is -0.465 e. The van der Waals surface area contributed by atoms with Gasteiger partial charge in [0.15, 0.2) is 0 Å². The van der Waals surface area contributed by atoms with Crippen LogP contribution < -0.4 is 5.32 Å². The Kier molecular flexibility index (Phi) is 4.31. The first kappa shape index (κ1) is 13.9. The Bertz CT molecular complexity index is 289. The van der Waals surface area contributed by atoms with Gasteiger partial charge in [0.05, 0.1) is 6.61 Å². The molecule has 3 nitrogen and oxygen atoms in total. The smallest absolute Gasteiger partial charge is 0.326 e. The van der Waals surface area contributed by atoms with Gasteiger partial charge in [-0.15, -0.1) is 0 Å². The Morgan fingerprint density at radius 3 is 2.44 bits per heavy atom. The zero-order valence-electron chi connectivity index (χ0n) is 12.0. The average molecular weight is 253 g/mol. The maximum absolute atomic E-state index is 12.2. The van der Waals surface area contributed by atoms with Crippen molar-refractivity contribution in [2.75, 3.05) is 6.61 Å². The van der Waals surface area contributed by atoms with Crippen molar-refractivity contribution in [3.8, 4) is 0 Å². The summed E-state index contributed by atoms with van der Waals surface area (Å²) in [6, 6.07) is 0.530. The SMILES string of the molecule is CCOC(=O)C1(NC2CCCC2)CC(C(C)C)C1. The molecule has 1 N–H and O–H groups in total. The number of nitrogens with one attached hydrogen (secondary N) is 1. The molecule has 0 heterocycles. The monoisotopic (exact) mass is 253 g/mol. The molecule has 2 aliphatic rings. The molecule has 2 saturated carbocycles. The predicted molar refractivity (Wildman–Crippen MR) is 72.3 cm³/mol. The topological polar surface area (TPSA) is 38.3 Å². The fourth-order valence-corrected chi connectivity index (χ4v) is 3.38. The number of esters is 1. The van der Waals surface area contributed by atoms with Crippen LogP contribution in [0.25, 0.3) is 0 Å². The van der Waals surface area contributed by atoms with Gasteiger partial charge in [-0.1, -0.05) is 26.7 Å². The van der Waals surface area contributed by atoms with Gasteiger partial charge in [-0.25, -0.2) is 0 Å². The van der Waals surface area contributed by atoms with Crippen LogP contribution in [0.1, 0.15) is 59.3 Å². The van der Waals surface area contributed by atoms with Crippen LogP contribution in [-0.4, -0.2) is 24.2 Å². The molecule has 0 aromatic heterocycles. The van der Waals surface area contributed by atoms with E-state index in [2.05, 4.69) is 19.2 Å². The molecule has 0 bridgehead atoms. The number of hydrogen-bond donors (Lipinski definition) is 1. The lowest BCUT2D eigenvalue weighted by molar-refractivity contribution is -0.159. The van der Waals surface area contributed by atoms with Crippen molar-refractivity contribution < 1.29 is 9.53 Å². The third-order valence-electron chi connectivity index (χ3n) is 4.67. The Balaban J connectivity index is 1.97. The number of rotatable bonds is 5. The molecule has 0 amide bonds. The van der Waals surface area contributed by atoms with Crippen LogP contribution in [-0.2, 0) is 9.53 Å². The molecule has 0 radical (unpaired) electrons. The van der Waals surface area contributed by atoms with E-state index >= 15 is 0 Å². The molecule has 2 fully saturated rings. The van der Waals surface area contributed by atoms with Crippen LogP contribution in [0.5, 0.6) is 0 Å². The second-order valence-electron chi connectivity index (χ2n) is 6.34. The van der Waals surface area contributed by atoms with Gasteiger partial charge in [0.1, 0.15) is 5.54 Å². The molecular formula is C15H27NO2. The quantitative estimate of drug-likeness (QED) is 0.766. The highest BCUT2D eigenvalue weighted by molar-refractivity contribution is 5.82. The van der Waals surface area contributed by atoms with Crippen molar-refractivity contribution >= 4 is 5.97 Å². The minimum absolute atomic E-state index is 0.0196. The van der Waals surface area contributed by atoms with E-state index < -0.39 is 0 Å². The highest BCUT2D eigenvalue weighted by Crippen LogP contribution is 2.44. The summed E-state index contributed by atoms with van der Waals surface area (Å²) in [7, 11) is 0. The van der Waals surface area contributed by atoms with Gasteiger partial charge < -0.3 is 4.74 Å². The largest absolute Gasteiger partial charge is 0.465 e. The first-order chi connectivity index (χ1) is 8.57. The van der Waals surface area contributed by atoms with Crippen LogP contribution in [0.2, 0.25) is 0 Å². The van der Waals surface area contributed by atoms with Crippen LogP contribution in [0.3, 0.4) is 0 Å². The maximum Gasteiger partial charge on any atom is 0.326 e. The van der Waals surface area contributed by atoms with E-state index in [1.807, 2.05) is 6.92 Å². The van der Waals surface area contributed by atoms with Crippen LogP contribution in [0.15, 0.2) is 0 Å². The molecule has 18 heavy (non-hydrogen) atoms. The standard InChI is InChI=1S/C15H27NO2/c1-4-18-14(17)15(9-12(10-15)11(2)3)16-13-7-5-6-8-13/h11-13,16H,4-10H2,1-3H3. The van der Waals surface area contributed by atoms with Crippen molar-refractivity contribution in [3.63, 3.8) is 0 Å². The summed E-state index contributed by atoms with van der Waals surface area (Å²) in [5, 5.41) is 3.62. The number of carbonyl (C=O) groups is 1. The van der Waals surface area contributed by atoms with E-state index in [4.69, 9.17) is 4.74 Å². The third kappa shape index (κ3) is 2.71. The van der Waals surface area contributed by atoms with E-state index in [-0.39, 0.29) is 11.5 Å². The number of carbonyl (C=O) groups excluding carboxylic acids is 1. The summed E-state index contributed by atoms with van der Waals surface area (Å²) < 4.78 is 5.29. The fraction of sp³-hybridized carbons (Fsp3) is 0.933. The minimum atomic E-state index is -0.361. The second-order valence-corrected chi connectivity index (χ2v) is 6.34. The molecule has 2 rings (SSSR count). The lowest BCUT2D eigenvalue weighted by atomic mass is 9.63. The molecule has 0 spiro atoms. The second kappa shape index (κ2) is 5.60. The van der Waals surface area contributed by atoms with Gasteiger partial charge >= 0.3 is 5.97 Å². The predicted octanol–water partition coefficient (Wildman–Crippen LogP) is 2.89. The Morgan fingerprint density at radius 1 is 1.33 bits per heavy atom. The van der Waals surface area contributed by atoms with Crippen molar-refractivity contribution in [2.24, 2.45) is 11.8 Å². The van der Waals surface area contributed by atoms with Gasteiger partial charge in [-0.3, -0.25) is 10.1 Å². The summed E-state index contributed by atoms with van der Waals surface area (Å²) in [4.78, 5) is 12.2. The summed E-state index contributed by atoms with van der Waals surface area (Å²) in [5.41, 5.74) is -0.361. The van der Waals surface area contributed by atoms with E-state index in [1.165, 1.54) is 25.7 Å². The molecule has 0 aliphatic heterocycles. The molecule has 2 aliphatic carbocycles. The molecule has 0 saturated heterocycles. The van der Waals surface area contributed by atoms with Crippen LogP contribution >= 0.6 is 0 Å². The lowest BCUT2D eigenvalue weighted by Gasteiger charge is -2.49. The van der Waals surface area contributed by atoms with Crippen LogP contribution in [0, 0.1) is 11.8 Å². The molecule has 3 heteroatoms. The van der Waals surface area contributed by atoms with E-state index in [0.29, 0.717) is 24.5 Å². The van der Waals surface area contributed by atoms with Gasteiger partial charge in [-0.2, -0.15) is 0 Å². The number of hydrogen-bond acceptors (Lipinski definition) is 3. The summed E-state index contributed by atoms with van der Waals surface area (Å²) in [6.07, 6.45) is 6.94. The summed E-state index contributed by atoms with van der Waals surface area (Å²) >= 11 is 0. The first-order valence-electron chi connectivity index (χ1n) is 7.52. The van der Waals surface area contributed by atoms with Gasteiger partial charge in [0.2, 0.25) is 0 Å². The maximum atomic E-state index is 12.2. The van der Waals surface area contributed by atoms with Crippen molar-refractivity contribution in [1.29, 1.82) is 0 Å². The van der Waals surface area contributed by atoms with Crippen molar-refractivity contribution in [2.45, 2.75) is 70.9 Å². The van der Waals surface area contributed by atoms with E-state index in [0.717, 1.165) is 12.8 Å². The lowest BCUT2D eigenvalue weighted by Crippen LogP contribution is -2.64. The van der Waals surface area contributed by atoms with E-state index in [1.54, 1.807) is 0 Å². The molecule has 0 unspecified atom stereocenters. The zero-order chi connectivity index (χ0) is 13.2. The highest BCUT2D eigenvalue weighted by atomic mass is 16.5. The van der Waals surface area contributed by atoms with Gasteiger partial charge in [0, 0.05) is 6.04 Å². The van der Waals surface area contributed by atoms with E-state index in [9.17, 15) is 4.79 Å². The Hall–Kier alpha value is -0.570. The average Bonchev–Trinajstić information content (AvgIpc) is 2.75. The zero-order valence-corrected chi connectivity index (χ0v) is 12.0. The first-order valence-corrected chi connectivity index (χ1v) is 7.52. The molecule has 0 aromatic carbocycles. The van der Waals surface area contributed by atoms with Gasteiger partial charge in [0.25, 0.3) is 0 Å². The Morgan fingerprint density at radius 2 is 1.94 bits per heavy atom. The van der Waals surface area contributed by atoms with Crippen molar-refractivity contribution in [3.05, 3.63) is 0 Å². The number of ether oxygens (including phenoxy) is 1. The Labute approximate surface area is 111 Å². The molecule has 0 atom stereocenters. The summed E-state index contributed by atoms with van der Waals surface area (Å²) in [5.74, 6) is 1.31. The summed E-state index contributed by atoms with van der Waals surface area (Å²) in [6.45, 7) is 6.86. The third-order valence-corrected chi connectivity index (χ3v) is 4.67. The van der Waals surface area contributed by atoms with Crippen LogP contribution in [0.4, 0.5) is 0 Å². The van der Waals surface area contributed by atoms with Crippen molar-refractivity contribution in [1.82, 2.24) is 5.32 Å². The normalized spacial score (nSPS) is 32.6. The highest BCUT2D eigenvalue weighted by Gasteiger charge is 2.52. The molecule has 0 aromatic rings.